The largest absolute Gasteiger partial charge is 0.329 e. The van der Waals surface area contributed by atoms with Crippen LogP contribution in [0.3, 0.4) is 0 Å². The third kappa shape index (κ3) is 3.49. The van der Waals surface area contributed by atoms with Crippen molar-refractivity contribution in [2.24, 2.45) is 11.7 Å². The zero-order valence-electron chi connectivity index (χ0n) is 10.7. The monoisotopic (exact) mass is 249 g/mol. The van der Waals surface area contributed by atoms with E-state index in [1.807, 2.05) is 0 Å². The van der Waals surface area contributed by atoms with Crippen LogP contribution in [0.25, 0.3) is 0 Å². The Hall–Kier alpha value is -0.470. The molecule has 1 saturated carbocycles. The Kier molecular flexibility index (Phi) is 4.93. The second-order valence-electron chi connectivity index (χ2n) is 5.06. The van der Waals surface area contributed by atoms with Crippen molar-refractivity contribution in [2.45, 2.75) is 37.9 Å². The first-order valence-corrected chi connectivity index (χ1v) is 7.73. The van der Waals surface area contributed by atoms with Crippen LogP contribution in [0.4, 0.5) is 0 Å². The van der Waals surface area contributed by atoms with Gasteiger partial charge in [-0.15, -0.1) is 0 Å². The number of aryl methyl sites for hydroxylation is 1. The van der Waals surface area contributed by atoms with Gasteiger partial charge in [0.1, 0.15) is 0 Å². The maximum absolute atomic E-state index is 5.94. The van der Waals surface area contributed by atoms with Crippen LogP contribution in [0.1, 0.15) is 42.1 Å². The first-order chi connectivity index (χ1) is 8.31. The Morgan fingerprint density at radius 1 is 1.29 bits per heavy atom. The summed E-state index contributed by atoms with van der Waals surface area (Å²) in [6.07, 6.45) is 5.72. The lowest BCUT2D eigenvalue weighted by Gasteiger charge is -2.19. The molecule has 0 heterocycles. The standard InChI is InChI=1S/C15H23NS/c1-12-6-2-5-9-14(12)15(10-16)17-11-13-7-3-4-8-13/h2,5-6,9,13,15H,3-4,7-8,10-11,16H2,1H3. The maximum Gasteiger partial charge on any atom is 0.0422 e. The normalized spacial score (nSPS) is 18.5. The van der Waals surface area contributed by atoms with Crippen molar-refractivity contribution in [2.75, 3.05) is 12.3 Å². The third-order valence-corrected chi connectivity index (χ3v) is 5.27. The van der Waals surface area contributed by atoms with E-state index < -0.39 is 0 Å². The molecule has 94 valence electrons. The minimum Gasteiger partial charge on any atom is -0.329 e. The van der Waals surface area contributed by atoms with E-state index in [4.69, 9.17) is 5.73 Å². The van der Waals surface area contributed by atoms with Crippen LogP contribution in [0.15, 0.2) is 24.3 Å². The Morgan fingerprint density at radius 2 is 2.00 bits per heavy atom. The number of hydrogen-bond acceptors (Lipinski definition) is 2. The van der Waals surface area contributed by atoms with Crippen LogP contribution in [0.2, 0.25) is 0 Å². The summed E-state index contributed by atoms with van der Waals surface area (Å²) in [5.74, 6) is 2.23. The van der Waals surface area contributed by atoms with Gasteiger partial charge in [0.2, 0.25) is 0 Å². The van der Waals surface area contributed by atoms with E-state index in [-0.39, 0.29) is 0 Å². The molecule has 17 heavy (non-hydrogen) atoms. The van der Waals surface area contributed by atoms with E-state index >= 15 is 0 Å². The molecule has 0 saturated heterocycles. The summed E-state index contributed by atoms with van der Waals surface area (Å²) in [6, 6.07) is 8.65. The molecule has 0 aliphatic heterocycles. The number of benzene rings is 1. The molecule has 1 atom stereocenters. The summed E-state index contributed by atoms with van der Waals surface area (Å²) < 4.78 is 0. The van der Waals surface area contributed by atoms with Crippen LogP contribution in [-0.4, -0.2) is 12.3 Å². The second kappa shape index (κ2) is 6.46. The van der Waals surface area contributed by atoms with E-state index in [1.54, 1.807) is 0 Å². The van der Waals surface area contributed by atoms with Gasteiger partial charge < -0.3 is 5.73 Å². The van der Waals surface area contributed by atoms with Gasteiger partial charge in [0.05, 0.1) is 0 Å². The molecule has 0 bridgehead atoms. The summed E-state index contributed by atoms with van der Waals surface area (Å²) in [5, 5.41) is 0.483. The lowest BCUT2D eigenvalue weighted by Crippen LogP contribution is -2.12. The molecule has 1 nitrogen and oxygen atoms in total. The minimum atomic E-state index is 0.483. The molecular formula is C15H23NS. The van der Waals surface area contributed by atoms with Gasteiger partial charge in [-0.3, -0.25) is 0 Å². The molecule has 1 aromatic rings. The molecular weight excluding hydrogens is 226 g/mol. The average Bonchev–Trinajstić information content (AvgIpc) is 2.85. The highest BCUT2D eigenvalue weighted by atomic mass is 32.2. The van der Waals surface area contributed by atoms with Gasteiger partial charge in [-0.25, -0.2) is 0 Å². The van der Waals surface area contributed by atoms with Crippen molar-refractivity contribution in [3.05, 3.63) is 35.4 Å². The van der Waals surface area contributed by atoms with E-state index in [0.717, 1.165) is 12.5 Å². The predicted molar refractivity (Wildman–Crippen MR) is 77.4 cm³/mol. The highest BCUT2D eigenvalue weighted by Crippen LogP contribution is 2.35. The van der Waals surface area contributed by atoms with Crippen LogP contribution in [0, 0.1) is 12.8 Å². The van der Waals surface area contributed by atoms with Crippen LogP contribution in [0.5, 0.6) is 0 Å². The van der Waals surface area contributed by atoms with Crippen molar-refractivity contribution >= 4 is 11.8 Å². The predicted octanol–water partition coefficient (Wildman–Crippen LogP) is 3.92. The SMILES string of the molecule is Cc1ccccc1C(CN)SCC1CCCC1. The van der Waals surface area contributed by atoms with E-state index in [2.05, 4.69) is 43.0 Å². The highest BCUT2D eigenvalue weighted by molar-refractivity contribution is 7.99. The van der Waals surface area contributed by atoms with Gasteiger partial charge in [-0.1, -0.05) is 37.1 Å². The summed E-state index contributed by atoms with van der Waals surface area (Å²) in [5.41, 5.74) is 8.74. The summed E-state index contributed by atoms with van der Waals surface area (Å²) in [6.45, 7) is 2.94. The van der Waals surface area contributed by atoms with Gasteiger partial charge in [-0.05, 0) is 42.6 Å². The first kappa shape index (κ1) is 13.0. The lowest BCUT2D eigenvalue weighted by atomic mass is 10.1. The average molecular weight is 249 g/mol. The molecule has 0 amide bonds. The van der Waals surface area contributed by atoms with Gasteiger partial charge in [0.25, 0.3) is 0 Å². The Bertz CT molecular complexity index is 345. The lowest BCUT2D eigenvalue weighted by molar-refractivity contribution is 0.621. The van der Waals surface area contributed by atoms with Crippen molar-refractivity contribution in [1.82, 2.24) is 0 Å². The maximum atomic E-state index is 5.94. The molecule has 1 aliphatic rings. The van der Waals surface area contributed by atoms with Gasteiger partial charge in [-0.2, -0.15) is 11.8 Å². The molecule has 2 rings (SSSR count). The zero-order chi connectivity index (χ0) is 12.1. The van der Waals surface area contributed by atoms with Crippen molar-refractivity contribution in [3.63, 3.8) is 0 Å². The summed E-state index contributed by atoms with van der Waals surface area (Å²) in [7, 11) is 0. The third-order valence-electron chi connectivity index (χ3n) is 3.76. The molecule has 1 fully saturated rings. The molecule has 1 unspecified atom stereocenters. The smallest absolute Gasteiger partial charge is 0.0422 e. The fourth-order valence-electron chi connectivity index (χ4n) is 2.66. The van der Waals surface area contributed by atoms with Gasteiger partial charge in [0, 0.05) is 11.8 Å². The van der Waals surface area contributed by atoms with Crippen LogP contribution < -0.4 is 5.73 Å². The minimum absolute atomic E-state index is 0.483. The molecule has 0 aromatic heterocycles. The number of hydrogen-bond donors (Lipinski definition) is 1. The van der Waals surface area contributed by atoms with Crippen molar-refractivity contribution in [3.8, 4) is 0 Å². The number of nitrogens with two attached hydrogens (primary N) is 1. The zero-order valence-corrected chi connectivity index (χ0v) is 11.5. The van der Waals surface area contributed by atoms with Gasteiger partial charge >= 0.3 is 0 Å². The molecule has 1 aliphatic carbocycles. The molecule has 0 spiro atoms. The Balaban J connectivity index is 1.94. The Morgan fingerprint density at radius 3 is 2.65 bits per heavy atom. The van der Waals surface area contributed by atoms with Crippen molar-refractivity contribution < 1.29 is 0 Å². The van der Waals surface area contributed by atoms with E-state index in [0.29, 0.717) is 5.25 Å². The van der Waals surface area contributed by atoms with Crippen LogP contribution in [-0.2, 0) is 0 Å². The number of thioether (sulfide) groups is 1. The quantitative estimate of drug-likeness (QED) is 0.856. The topological polar surface area (TPSA) is 26.0 Å². The molecule has 0 radical (unpaired) electrons. The van der Waals surface area contributed by atoms with Gasteiger partial charge in [0.15, 0.2) is 0 Å². The fourth-order valence-corrected chi connectivity index (χ4v) is 4.08. The second-order valence-corrected chi connectivity index (χ2v) is 6.30. The van der Waals surface area contributed by atoms with E-state index in [9.17, 15) is 0 Å². The first-order valence-electron chi connectivity index (χ1n) is 6.68. The highest BCUT2D eigenvalue weighted by Gasteiger charge is 2.18. The molecule has 2 N–H and O–H groups in total. The summed E-state index contributed by atoms with van der Waals surface area (Å²) >= 11 is 2.06. The molecule has 2 heteroatoms. The van der Waals surface area contributed by atoms with Crippen LogP contribution >= 0.6 is 11.8 Å². The summed E-state index contributed by atoms with van der Waals surface area (Å²) in [4.78, 5) is 0. The van der Waals surface area contributed by atoms with Crippen molar-refractivity contribution in [1.29, 1.82) is 0 Å². The fraction of sp³-hybridized carbons (Fsp3) is 0.600. The van der Waals surface area contributed by atoms with E-state index in [1.165, 1.54) is 42.6 Å². The number of rotatable bonds is 5. The molecule has 1 aromatic carbocycles. The Labute approximate surface area is 109 Å².